The van der Waals surface area contributed by atoms with Crippen LogP contribution in [0.5, 0.6) is 0 Å². The van der Waals surface area contributed by atoms with Crippen LogP contribution < -0.4 is 5.43 Å². The highest BCUT2D eigenvalue weighted by molar-refractivity contribution is 7.98. The minimum atomic E-state index is -5.19. The predicted octanol–water partition coefficient (Wildman–Crippen LogP) is 8.71. The van der Waals surface area contributed by atoms with E-state index in [1.807, 2.05) is 0 Å². The number of methoxy groups -OCH3 is 1. The van der Waals surface area contributed by atoms with E-state index < -0.39 is 214 Å². The summed E-state index contributed by atoms with van der Waals surface area (Å²) >= 11 is 0.320. The maximum Gasteiger partial charge on any atom is 0.416 e. The van der Waals surface area contributed by atoms with Crippen molar-refractivity contribution in [2.75, 3.05) is 33.2 Å². The molecule has 1 aliphatic heterocycles. The standard InChI is InChI=1S/C41H40F5N3O3S/c1-27-22-30(14-15-34(27)41(44,45)46)29-12-10-28(11-13-29)24-48(32-16-18-47(19-17-32)20-21-52-2)38(51)25-49-36-9-4-3-7-33(36)37(50)23-39(49)53-26-31-6-5-8-35(42)40(31)43/h3-15,22-23,32H,16-21,24-26H2,1-2H3/i2D3,3D,4D,5D,6D,7D,8D,9D,10D,11D,12D,13D,14D,15D,21D2,22D,23D. The number of rotatable bonds is 12. The fourth-order valence-corrected chi connectivity index (χ4v) is 6.65. The second-order valence-electron chi connectivity index (χ2n) is 11.7. The van der Waals surface area contributed by atoms with Crippen LogP contribution in [0.1, 0.15) is 62.5 Å². The average molecular weight is 770 g/mol. The number of carbonyl (C=O) groups excluding carboxylic acids is 1. The summed E-state index contributed by atoms with van der Waals surface area (Å²) in [5, 5.41) is -1.41. The summed E-state index contributed by atoms with van der Waals surface area (Å²) in [6.07, 6.45) is -5.41. The van der Waals surface area contributed by atoms with Crippen LogP contribution in [0, 0.1) is 18.6 Å². The van der Waals surface area contributed by atoms with Gasteiger partial charge in [0.25, 0.3) is 0 Å². The summed E-state index contributed by atoms with van der Waals surface area (Å²) in [4.78, 5) is 31.4. The molecule has 1 fully saturated rings. The number of benzene rings is 4. The molecule has 5 aromatic rings. The van der Waals surface area contributed by atoms with Gasteiger partial charge in [0.05, 0.1) is 50.1 Å². The number of hydrogen-bond donors (Lipinski definition) is 0. The number of pyridine rings is 1. The van der Waals surface area contributed by atoms with Gasteiger partial charge in [0, 0.05) is 62.0 Å². The number of halogens is 5. The normalized spacial score (nSPS) is 20.0. The first-order valence-corrected chi connectivity index (χ1v) is 16.7. The molecule has 1 amide bonds. The van der Waals surface area contributed by atoms with Gasteiger partial charge in [0.1, 0.15) is 6.54 Å². The second kappa shape index (κ2) is 16.7. The van der Waals surface area contributed by atoms with Gasteiger partial charge in [-0.15, -0.1) is 11.8 Å². The SMILES string of the molecule is [2H]c1c([2H])c(F)c(F)c(CSc2c([2H])c(=O)c3c([2H])c([2H])c([2H])c([2H])c3n2CC(=O)N(Cc2c([2H])c([2H])c(-c3c([2H])c([2H])c(C(F)(F)F)c(C)c3[2H])c([2H])c2[2H])C2CCN(CC([2H])([2H])OC([2H])([2H])[2H])CC2)c1[2H]. The maximum absolute atomic E-state index is 15.3. The van der Waals surface area contributed by atoms with Crippen LogP contribution in [0.3, 0.4) is 0 Å². The number of alkyl halides is 3. The number of amides is 1. The molecule has 6 nitrogen and oxygen atoms in total. The highest BCUT2D eigenvalue weighted by Crippen LogP contribution is 2.34. The summed E-state index contributed by atoms with van der Waals surface area (Å²) in [6, 6.07) is -16.5. The highest BCUT2D eigenvalue weighted by atomic mass is 32.2. The molecule has 4 aromatic carbocycles. The zero-order valence-corrected chi connectivity index (χ0v) is 28.4. The lowest BCUT2D eigenvalue weighted by atomic mass is 9.98. The number of thioether (sulfide) groups is 1. The Bertz CT molecular complexity index is 3080. The first kappa shape index (κ1) is 20.2. The van der Waals surface area contributed by atoms with E-state index in [0.29, 0.717) is 11.8 Å². The van der Waals surface area contributed by atoms with Crippen molar-refractivity contribution in [3.8, 4) is 11.1 Å². The Hall–Kier alpha value is -4.52. The van der Waals surface area contributed by atoms with Crippen molar-refractivity contribution in [2.24, 2.45) is 0 Å². The number of piperidine rings is 1. The van der Waals surface area contributed by atoms with Crippen molar-refractivity contribution in [1.29, 1.82) is 0 Å². The summed E-state index contributed by atoms with van der Waals surface area (Å²) < 4.78 is 243. The summed E-state index contributed by atoms with van der Waals surface area (Å²) in [5.41, 5.74) is -7.49. The zero-order chi connectivity index (χ0) is 55.0. The maximum atomic E-state index is 15.3. The minimum Gasteiger partial charge on any atom is -0.383 e. The van der Waals surface area contributed by atoms with Crippen LogP contribution in [0.25, 0.3) is 22.0 Å². The smallest absolute Gasteiger partial charge is 0.383 e. The third-order valence-corrected chi connectivity index (χ3v) is 9.37. The molecule has 0 bridgehead atoms. The lowest BCUT2D eigenvalue weighted by Crippen LogP contribution is -2.48. The lowest BCUT2D eigenvalue weighted by Gasteiger charge is -2.39. The molecule has 0 radical (unpaired) electrons. The highest BCUT2D eigenvalue weighted by Gasteiger charge is 2.32. The summed E-state index contributed by atoms with van der Waals surface area (Å²) in [7, 11) is -3.13. The third-order valence-electron chi connectivity index (χ3n) is 8.34. The van der Waals surface area contributed by atoms with Crippen molar-refractivity contribution in [3.63, 3.8) is 0 Å². The molecular weight excluding hydrogens is 710 g/mol. The van der Waals surface area contributed by atoms with Gasteiger partial charge in [0.15, 0.2) is 17.1 Å². The first-order valence-electron chi connectivity index (χ1n) is 25.7. The zero-order valence-electron chi connectivity index (χ0n) is 47.6. The van der Waals surface area contributed by atoms with E-state index in [-0.39, 0.29) is 25.9 Å². The van der Waals surface area contributed by atoms with Gasteiger partial charge in [-0.25, -0.2) is 8.78 Å². The van der Waals surface area contributed by atoms with Crippen LogP contribution >= 0.6 is 11.8 Å². The molecule has 278 valence electrons. The van der Waals surface area contributed by atoms with Gasteiger partial charge in [-0.1, -0.05) is 60.4 Å². The van der Waals surface area contributed by atoms with Gasteiger partial charge in [0.2, 0.25) is 5.91 Å². The number of ether oxygens (including phenoxy) is 1. The average Bonchev–Trinajstić information content (AvgIpc) is 3.29. The van der Waals surface area contributed by atoms with E-state index in [0.717, 1.165) is 16.4 Å². The largest absolute Gasteiger partial charge is 0.416 e. The summed E-state index contributed by atoms with van der Waals surface area (Å²) in [5.74, 6) is -5.49. The number of likely N-dealkylation sites (tertiary alicyclic amines) is 1. The summed E-state index contributed by atoms with van der Waals surface area (Å²) in [6.45, 7) is -4.64. The topological polar surface area (TPSA) is 54.8 Å². The Kier molecular flexibility index (Phi) is 6.36. The number of carbonyl (C=O) groups is 1. The molecule has 6 rings (SSSR count). The van der Waals surface area contributed by atoms with Crippen molar-refractivity contribution in [1.82, 2.24) is 14.4 Å². The number of hydrogen-bond acceptors (Lipinski definition) is 5. The molecule has 0 saturated carbocycles. The van der Waals surface area contributed by atoms with Crippen molar-refractivity contribution >= 4 is 28.6 Å². The monoisotopic (exact) mass is 769 g/mol. The van der Waals surface area contributed by atoms with E-state index in [9.17, 15) is 22.4 Å². The number of fused-ring (bicyclic) bond motifs is 1. The van der Waals surface area contributed by atoms with E-state index in [1.165, 1.54) is 4.90 Å². The number of aromatic nitrogens is 1. The van der Waals surface area contributed by atoms with Crippen molar-refractivity contribution in [3.05, 3.63) is 135 Å². The van der Waals surface area contributed by atoms with Gasteiger partial charge in [-0.3, -0.25) is 9.59 Å². The fraction of sp³-hybridized carbons (Fsp3) is 0.317. The molecule has 1 saturated heterocycles. The number of nitrogens with zero attached hydrogens (tertiary/aromatic N) is 3. The Morgan fingerprint density at radius 2 is 1.74 bits per heavy atom. The Morgan fingerprint density at radius 3 is 2.47 bits per heavy atom. The van der Waals surface area contributed by atoms with Crippen molar-refractivity contribution < 1.29 is 58.9 Å². The third kappa shape index (κ3) is 9.00. The molecule has 12 heteroatoms. The van der Waals surface area contributed by atoms with Gasteiger partial charge < -0.3 is 19.1 Å². The van der Waals surface area contributed by atoms with Gasteiger partial charge in [-0.05, 0) is 66.2 Å². The van der Waals surface area contributed by atoms with Gasteiger partial charge in [-0.2, -0.15) is 13.2 Å². The molecule has 2 heterocycles. The van der Waals surface area contributed by atoms with Crippen LogP contribution in [-0.2, 0) is 34.6 Å². The van der Waals surface area contributed by atoms with E-state index in [2.05, 4.69) is 4.74 Å². The van der Waals surface area contributed by atoms with Crippen molar-refractivity contribution in [2.45, 2.75) is 55.9 Å². The molecule has 0 spiro atoms. The molecule has 1 aromatic heterocycles. The Labute approximate surface area is 337 Å². The van der Waals surface area contributed by atoms with E-state index in [4.69, 9.17) is 27.4 Å². The molecule has 0 aliphatic carbocycles. The van der Waals surface area contributed by atoms with E-state index >= 15 is 9.18 Å². The lowest BCUT2D eigenvalue weighted by molar-refractivity contribution is -0.138. The molecule has 0 atom stereocenters. The molecule has 53 heavy (non-hydrogen) atoms. The quantitative estimate of drug-likeness (QED) is 0.0940. The molecular formula is C41H40F5N3O3S. The van der Waals surface area contributed by atoms with Crippen LogP contribution in [-0.4, -0.2) is 59.5 Å². The predicted molar refractivity (Wildman–Crippen MR) is 198 cm³/mol. The van der Waals surface area contributed by atoms with Crippen LogP contribution in [0.15, 0.2) is 100 Å². The van der Waals surface area contributed by atoms with Crippen LogP contribution in [0.2, 0.25) is 0 Å². The number of para-hydroxylation sites is 1. The second-order valence-corrected chi connectivity index (χ2v) is 12.7. The van der Waals surface area contributed by atoms with E-state index in [1.54, 1.807) is 0 Å². The van der Waals surface area contributed by atoms with Crippen LogP contribution in [0.4, 0.5) is 22.0 Å². The Balaban J connectivity index is 1.53. The fourth-order valence-electron chi connectivity index (χ4n) is 5.69. The minimum absolute atomic E-state index is 0.0907. The molecule has 0 N–H and O–H groups in total. The molecule has 1 aliphatic rings. The first-order chi connectivity index (χ1) is 33.6. The van der Waals surface area contributed by atoms with Gasteiger partial charge >= 0.3 is 6.18 Å². The molecule has 0 unspecified atom stereocenters. The Morgan fingerprint density at radius 1 is 1.00 bits per heavy atom.